The van der Waals surface area contributed by atoms with Gasteiger partial charge >= 0.3 is 5.69 Å². The molecular weight excluding hydrogens is 292 g/mol. The van der Waals surface area contributed by atoms with E-state index in [2.05, 4.69) is 6.92 Å². The summed E-state index contributed by atoms with van der Waals surface area (Å²) in [7, 11) is 1.72. The molecule has 2 unspecified atom stereocenters. The van der Waals surface area contributed by atoms with Gasteiger partial charge in [-0.2, -0.15) is 0 Å². The number of nitro groups is 1. The lowest BCUT2D eigenvalue weighted by atomic mass is 9.86. The van der Waals surface area contributed by atoms with E-state index < -0.39 is 4.92 Å². The minimum atomic E-state index is -0.590. The second kappa shape index (κ2) is 6.43. The van der Waals surface area contributed by atoms with Crippen LogP contribution in [0.4, 0.5) is 5.69 Å². The zero-order chi connectivity index (χ0) is 15.6. The molecule has 1 saturated carbocycles. The molecule has 1 aliphatic rings. The van der Waals surface area contributed by atoms with Gasteiger partial charge in [0.1, 0.15) is 10.6 Å². The highest BCUT2D eigenvalue weighted by molar-refractivity contribution is 6.33. The molecule has 0 bridgehead atoms. The lowest BCUT2D eigenvalue weighted by Crippen LogP contribution is -2.40. The number of rotatable bonds is 3. The number of carbonyl (C=O) groups excluding carboxylic acids is 1. The van der Waals surface area contributed by atoms with Crippen LogP contribution in [0, 0.1) is 16.0 Å². The number of hydrogen-bond acceptors (Lipinski definition) is 3. The van der Waals surface area contributed by atoms with Crippen LogP contribution in [0.3, 0.4) is 0 Å². The van der Waals surface area contributed by atoms with Gasteiger partial charge in [0.25, 0.3) is 5.91 Å². The number of amides is 1. The van der Waals surface area contributed by atoms with Gasteiger partial charge in [0.15, 0.2) is 0 Å². The number of benzene rings is 1. The summed E-state index contributed by atoms with van der Waals surface area (Å²) in [5, 5.41) is 11.1. The summed E-state index contributed by atoms with van der Waals surface area (Å²) in [6.07, 6.45) is 4.15. The average molecular weight is 311 g/mol. The van der Waals surface area contributed by atoms with Gasteiger partial charge < -0.3 is 4.90 Å². The highest BCUT2D eigenvalue weighted by atomic mass is 35.5. The van der Waals surface area contributed by atoms with Crippen molar-refractivity contribution >= 4 is 23.2 Å². The summed E-state index contributed by atoms with van der Waals surface area (Å²) in [4.78, 5) is 24.8. The second-order valence-corrected chi connectivity index (χ2v) is 6.14. The van der Waals surface area contributed by atoms with Crippen molar-refractivity contribution in [3.8, 4) is 0 Å². The molecule has 5 nitrogen and oxygen atoms in total. The molecule has 0 heterocycles. The molecule has 1 aromatic rings. The minimum Gasteiger partial charge on any atom is -0.338 e. The lowest BCUT2D eigenvalue weighted by molar-refractivity contribution is -0.385. The van der Waals surface area contributed by atoms with Gasteiger partial charge in [-0.1, -0.05) is 37.4 Å². The van der Waals surface area contributed by atoms with E-state index >= 15 is 0 Å². The van der Waals surface area contributed by atoms with Crippen LogP contribution in [0.25, 0.3) is 0 Å². The molecule has 0 aromatic heterocycles. The molecule has 1 fully saturated rings. The summed E-state index contributed by atoms with van der Waals surface area (Å²) < 4.78 is 0. The van der Waals surface area contributed by atoms with Crippen LogP contribution < -0.4 is 0 Å². The SMILES string of the molecule is CC1CCCC(N(C)C(=O)c2cccc(Cl)c2[N+](=O)[O-])C1. The third-order valence-corrected chi connectivity index (χ3v) is 4.48. The molecule has 114 valence electrons. The molecule has 2 rings (SSSR count). The molecule has 2 atom stereocenters. The topological polar surface area (TPSA) is 63.5 Å². The molecular formula is C15H19ClN2O3. The van der Waals surface area contributed by atoms with Gasteiger partial charge in [0.2, 0.25) is 0 Å². The fourth-order valence-electron chi connectivity index (χ4n) is 2.98. The number of para-hydroxylation sites is 1. The smallest absolute Gasteiger partial charge is 0.300 e. The predicted octanol–water partition coefficient (Wildman–Crippen LogP) is 3.90. The van der Waals surface area contributed by atoms with Crippen molar-refractivity contribution in [2.75, 3.05) is 7.05 Å². The summed E-state index contributed by atoms with van der Waals surface area (Å²) in [5.74, 6) is 0.247. The summed E-state index contributed by atoms with van der Waals surface area (Å²) in [6, 6.07) is 4.61. The Balaban J connectivity index is 2.27. The van der Waals surface area contributed by atoms with Crippen LogP contribution in [-0.4, -0.2) is 28.8 Å². The predicted molar refractivity (Wildman–Crippen MR) is 81.6 cm³/mol. The van der Waals surface area contributed by atoms with Crippen LogP contribution in [0.15, 0.2) is 18.2 Å². The molecule has 0 aliphatic heterocycles. The largest absolute Gasteiger partial charge is 0.338 e. The Morgan fingerprint density at radius 2 is 2.14 bits per heavy atom. The third-order valence-electron chi connectivity index (χ3n) is 4.18. The van der Waals surface area contributed by atoms with E-state index in [4.69, 9.17) is 11.6 Å². The molecule has 0 N–H and O–H groups in total. The molecule has 0 spiro atoms. The molecule has 0 saturated heterocycles. The fraction of sp³-hybridized carbons (Fsp3) is 0.533. The van der Waals surface area contributed by atoms with Crippen LogP contribution >= 0.6 is 11.6 Å². The van der Waals surface area contributed by atoms with Crippen molar-refractivity contribution < 1.29 is 9.72 Å². The fourth-order valence-corrected chi connectivity index (χ4v) is 3.23. The van der Waals surface area contributed by atoms with Crippen molar-refractivity contribution in [1.82, 2.24) is 4.90 Å². The number of nitro benzene ring substituents is 1. The van der Waals surface area contributed by atoms with E-state index in [1.165, 1.54) is 18.6 Å². The van der Waals surface area contributed by atoms with Crippen LogP contribution in [0.5, 0.6) is 0 Å². The van der Waals surface area contributed by atoms with E-state index in [9.17, 15) is 14.9 Å². The summed E-state index contributed by atoms with van der Waals surface area (Å²) in [5.41, 5.74) is -0.242. The summed E-state index contributed by atoms with van der Waals surface area (Å²) in [6.45, 7) is 2.17. The standard InChI is InChI=1S/C15H19ClN2O3/c1-10-5-3-6-11(9-10)17(2)15(19)12-7-4-8-13(16)14(12)18(20)21/h4,7-8,10-11H,3,5-6,9H2,1-2H3. The van der Waals surface area contributed by atoms with E-state index in [1.54, 1.807) is 18.0 Å². The Morgan fingerprint density at radius 3 is 2.76 bits per heavy atom. The van der Waals surface area contributed by atoms with E-state index in [0.717, 1.165) is 19.3 Å². The van der Waals surface area contributed by atoms with Crippen molar-refractivity contribution in [3.05, 3.63) is 38.9 Å². The lowest BCUT2D eigenvalue weighted by Gasteiger charge is -2.34. The number of nitrogens with zero attached hydrogens (tertiary/aromatic N) is 2. The summed E-state index contributed by atoms with van der Waals surface area (Å²) >= 11 is 5.87. The van der Waals surface area contributed by atoms with Crippen molar-refractivity contribution in [2.45, 2.75) is 38.6 Å². The quantitative estimate of drug-likeness (QED) is 0.628. The van der Waals surface area contributed by atoms with Crippen LogP contribution in [0.1, 0.15) is 43.0 Å². The highest BCUT2D eigenvalue weighted by Gasteiger charge is 2.30. The highest BCUT2D eigenvalue weighted by Crippen LogP contribution is 2.31. The van der Waals surface area contributed by atoms with Crippen LogP contribution in [-0.2, 0) is 0 Å². The van der Waals surface area contributed by atoms with Crippen molar-refractivity contribution in [3.63, 3.8) is 0 Å². The Kier molecular flexibility index (Phi) is 4.83. The first-order chi connectivity index (χ1) is 9.91. The second-order valence-electron chi connectivity index (χ2n) is 5.73. The van der Waals surface area contributed by atoms with Crippen molar-refractivity contribution in [2.24, 2.45) is 5.92 Å². The number of hydrogen-bond donors (Lipinski definition) is 0. The molecule has 1 aromatic carbocycles. The maximum absolute atomic E-state index is 12.6. The van der Waals surface area contributed by atoms with Gasteiger partial charge in [0, 0.05) is 13.1 Å². The van der Waals surface area contributed by atoms with Gasteiger partial charge in [0.05, 0.1) is 4.92 Å². The monoisotopic (exact) mass is 310 g/mol. The number of halogens is 1. The number of carbonyl (C=O) groups is 1. The molecule has 1 amide bonds. The minimum absolute atomic E-state index is 0.00346. The van der Waals surface area contributed by atoms with E-state index in [-0.39, 0.29) is 28.2 Å². The zero-order valence-electron chi connectivity index (χ0n) is 12.2. The van der Waals surface area contributed by atoms with Crippen molar-refractivity contribution in [1.29, 1.82) is 0 Å². The molecule has 1 aliphatic carbocycles. The van der Waals surface area contributed by atoms with Gasteiger partial charge in [-0.25, -0.2) is 0 Å². The first kappa shape index (κ1) is 15.8. The first-order valence-corrected chi connectivity index (χ1v) is 7.49. The molecule has 0 radical (unpaired) electrons. The van der Waals surface area contributed by atoms with E-state index in [0.29, 0.717) is 5.92 Å². The maximum atomic E-state index is 12.6. The zero-order valence-corrected chi connectivity index (χ0v) is 13.0. The average Bonchev–Trinajstić information content (AvgIpc) is 2.45. The van der Waals surface area contributed by atoms with Crippen LogP contribution in [0.2, 0.25) is 5.02 Å². The first-order valence-electron chi connectivity index (χ1n) is 7.12. The Bertz CT molecular complexity index is 562. The molecule has 6 heteroatoms. The van der Waals surface area contributed by atoms with Gasteiger partial charge in [-0.05, 0) is 30.9 Å². The third kappa shape index (κ3) is 3.35. The Morgan fingerprint density at radius 1 is 1.43 bits per heavy atom. The van der Waals surface area contributed by atoms with E-state index in [1.807, 2.05) is 0 Å². The Hall–Kier alpha value is -1.62. The Labute approximate surface area is 129 Å². The molecule has 21 heavy (non-hydrogen) atoms. The maximum Gasteiger partial charge on any atom is 0.300 e. The van der Waals surface area contributed by atoms with Gasteiger partial charge in [-0.3, -0.25) is 14.9 Å². The normalized spacial score (nSPS) is 21.9. The van der Waals surface area contributed by atoms with Gasteiger partial charge in [-0.15, -0.1) is 0 Å².